The van der Waals surface area contributed by atoms with E-state index in [9.17, 15) is 9.18 Å². The first kappa shape index (κ1) is 18.8. The van der Waals surface area contributed by atoms with Crippen molar-refractivity contribution in [2.75, 3.05) is 44.4 Å². The molecule has 3 rings (SSSR count). The van der Waals surface area contributed by atoms with Gasteiger partial charge < -0.3 is 24.6 Å². The molecular weight excluding hydrogens is 349 g/mol. The van der Waals surface area contributed by atoms with Crippen molar-refractivity contribution in [2.45, 2.75) is 6.92 Å². The van der Waals surface area contributed by atoms with Gasteiger partial charge in [0.05, 0.1) is 6.61 Å². The van der Waals surface area contributed by atoms with Crippen molar-refractivity contribution < 1.29 is 18.7 Å². The third-order valence-electron chi connectivity index (χ3n) is 4.36. The maximum Gasteiger partial charge on any atom is 0.320 e. The summed E-state index contributed by atoms with van der Waals surface area (Å²) in [4.78, 5) is 16.2. The van der Waals surface area contributed by atoms with Gasteiger partial charge in [0.25, 0.3) is 0 Å². The molecule has 144 valence electrons. The number of hydrogen-bond acceptors (Lipinski definition) is 4. The largest absolute Gasteiger partial charge is 0.490 e. The smallest absolute Gasteiger partial charge is 0.320 e. The molecule has 0 aliphatic carbocycles. The van der Waals surface area contributed by atoms with E-state index in [1.54, 1.807) is 23.1 Å². The summed E-state index contributed by atoms with van der Waals surface area (Å²) in [5.74, 6) is 1.01. The van der Waals surface area contributed by atoms with Gasteiger partial charge in [0, 0.05) is 31.9 Å². The van der Waals surface area contributed by atoms with Crippen molar-refractivity contribution in [1.82, 2.24) is 10.2 Å². The lowest BCUT2D eigenvalue weighted by atomic mass is 10.2. The fourth-order valence-corrected chi connectivity index (χ4v) is 2.95. The molecule has 1 aliphatic rings. The van der Waals surface area contributed by atoms with E-state index in [2.05, 4.69) is 10.2 Å². The molecule has 7 heteroatoms. The first-order valence-electron chi connectivity index (χ1n) is 9.05. The Morgan fingerprint density at radius 3 is 2.26 bits per heavy atom. The van der Waals surface area contributed by atoms with Crippen LogP contribution in [0, 0.1) is 5.82 Å². The van der Waals surface area contributed by atoms with Gasteiger partial charge in [-0.1, -0.05) is 12.1 Å². The molecule has 0 atom stereocenters. The number of nitrogens with one attached hydrogen (secondary N) is 1. The predicted molar refractivity (Wildman–Crippen MR) is 102 cm³/mol. The van der Waals surface area contributed by atoms with Crippen molar-refractivity contribution in [3.8, 4) is 11.5 Å². The van der Waals surface area contributed by atoms with Gasteiger partial charge in [0.2, 0.25) is 0 Å². The lowest BCUT2D eigenvalue weighted by Gasteiger charge is -2.36. The maximum atomic E-state index is 13.0. The fourth-order valence-electron chi connectivity index (χ4n) is 2.95. The highest BCUT2D eigenvalue weighted by Gasteiger charge is 2.21. The van der Waals surface area contributed by atoms with Crippen LogP contribution in [0.15, 0.2) is 48.5 Å². The first-order valence-corrected chi connectivity index (χ1v) is 9.05. The maximum absolute atomic E-state index is 13.0. The molecule has 2 amide bonds. The Bertz CT molecular complexity index is 746. The SMILES string of the molecule is CCOc1ccccc1OCNC(=O)N1CCN(c2ccc(F)cc2)CC1. The van der Waals surface area contributed by atoms with Gasteiger partial charge >= 0.3 is 6.03 Å². The van der Waals surface area contributed by atoms with E-state index in [1.807, 2.05) is 25.1 Å². The van der Waals surface area contributed by atoms with E-state index >= 15 is 0 Å². The zero-order valence-corrected chi connectivity index (χ0v) is 15.4. The number of para-hydroxylation sites is 2. The first-order chi connectivity index (χ1) is 13.2. The summed E-state index contributed by atoms with van der Waals surface area (Å²) in [6, 6.07) is 13.6. The zero-order chi connectivity index (χ0) is 19.1. The van der Waals surface area contributed by atoms with Gasteiger partial charge in [0.1, 0.15) is 5.82 Å². The number of hydrogen-bond donors (Lipinski definition) is 1. The van der Waals surface area contributed by atoms with Crippen molar-refractivity contribution in [2.24, 2.45) is 0 Å². The molecule has 0 unspecified atom stereocenters. The van der Waals surface area contributed by atoms with Gasteiger partial charge in [-0.2, -0.15) is 0 Å². The Morgan fingerprint density at radius 1 is 1.00 bits per heavy atom. The number of anilines is 1. The molecule has 2 aromatic carbocycles. The van der Waals surface area contributed by atoms with Crippen LogP contribution in [0.25, 0.3) is 0 Å². The molecule has 0 radical (unpaired) electrons. The van der Waals surface area contributed by atoms with Gasteiger partial charge in [-0.3, -0.25) is 0 Å². The Morgan fingerprint density at radius 2 is 1.63 bits per heavy atom. The summed E-state index contributed by atoms with van der Waals surface area (Å²) in [5, 5.41) is 2.77. The Balaban J connectivity index is 1.44. The Labute approximate surface area is 158 Å². The monoisotopic (exact) mass is 373 g/mol. The normalized spacial score (nSPS) is 14.0. The fraction of sp³-hybridized carbons (Fsp3) is 0.350. The molecule has 0 spiro atoms. The summed E-state index contributed by atoms with van der Waals surface area (Å²) in [6.45, 7) is 5.12. The van der Waals surface area contributed by atoms with Crippen molar-refractivity contribution in [1.29, 1.82) is 0 Å². The molecule has 1 saturated heterocycles. The predicted octanol–water partition coefficient (Wildman–Crippen LogP) is 3.09. The average molecular weight is 373 g/mol. The number of piperazine rings is 1. The summed E-state index contributed by atoms with van der Waals surface area (Å²) >= 11 is 0. The van der Waals surface area contributed by atoms with Crippen LogP contribution in [0.1, 0.15) is 6.92 Å². The number of ether oxygens (including phenoxy) is 2. The number of nitrogens with zero attached hydrogens (tertiary/aromatic N) is 2. The molecule has 0 aromatic heterocycles. The summed E-state index contributed by atoms with van der Waals surface area (Å²) < 4.78 is 24.1. The van der Waals surface area contributed by atoms with Crippen molar-refractivity contribution in [3.63, 3.8) is 0 Å². The van der Waals surface area contributed by atoms with Gasteiger partial charge in [0.15, 0.2) is 18.2 Å². The summed E-state index contributed by atoms with van der Waals surface area (Å²) in [5.41, 5.74) is 0.965. The highest BCUT2D eigenvalue weighted by molar-refractivity contribution is 5.74. The van der Waals surface area contributed by atoms with Crippen LogP contribution in [0.2, 0.25) is 0 Å². The highest BCUT2D eigenvalue weighted by atomic mass is 19.1. The molecule has 6 nitrogen and oxygen atoms in total. The van der Waals surface area contributed by atoms with E-state index < -0.39 is 0 Å². The minimum Gasteiger partial charge on any atom is -0.490 e. The number of carbonyl (C=O) groups is 1. The second kappa shape index (κ2) is 9.12. The van der Waals surface area contributed by atoms with Crippen LogP contribution < -0.4 is 19.7 Å². The van der Waals surface area contributed by atoms with Crippen LogP contribution in [-0.4, -0.2) is 50.4 Å². The number of carbonyl (C=O) groups excluding carboxylic acids is 1. The lowest BCUT2D eigenvalue weighted by molar-refractivity contribution is 0.180. The quantitative estimate of drug-likeness (QED) is 0.791. The topological polar surface area (TPSA) is 54.0 Å². The van der Waals surface area contributed by atoms with Crippen LogP contribution in [0.5, 0.6) is 11.5 Å². The second-order valence-corrected chi connectivity index (χ2v) is 6.10. The van der Waals surface area contributed by atoms with Gasteiger partial charge in [-0.15, -0.1) is 0 Å². The number of rotatable bonds is 6. The molecule has 27 heavy (non-hydrogen) atoms. The number of benzene rings is 2. The van der Waals surface area contributed by atoms with Crippen molar-refractivity contribution >= 4 is 11.7 Å². The van der Waals surface area contributed by atoms with E-state index in [4.69, 9.17) is 9.47 Å². The molecular formula is C20H24FN3O3. The summed E-state index contributed by atoms with van der Waals surface area (Å²) in [7, 11) is 0. The number of urea groups is 1. The number of amides is 2. The molecule has 1 N–H and O–H groups in total. The average Bonchev–Trinajstić information content (AvgIpc) is 2.70. The minimum atomic E-state index is -0.248. The number of halogens is 1. The minimum absolute atomic E-state index is 0.0705. The molecule has 2 aromatic rings. The molecule has 1 fully saturated rings. The molecule has 1 aliphatic heterocycles. The van der Waals surface area contributed by atoms with Gasteiger partial charge in [-0.05, 0) is 43.3 Å². The second-order valence-electron chi connectivity index (χ2n) is 6.10. The van der Waals surface area contributed by atoms with E-state index in [0.29, 0.717) is 44.3 Å². The third-order valence-corrected chi connectivity index (χ3v) is 4.36. The van der Waals surface area contributed by atoms with Crippen LogP contribution in [-0.2, 0) is 0 Å². The van der Waals surface area contributed by atoms with Crippen LogP contribution in [0.4, 0.5) is 14.9 Å². The van der Waals surface area contributed by atoms with Gasteiger partial charge in [-0.25, -0.2) is 9.18 Å². The van der Waals surface area contributed by atoms with E-state index in [1.165, 1.54) is 12.1 Å². The standard InChI is InChI=1S/C20H24FN3O3/c1-2-26-18-5-3-4-6-19(18)27-15-22-20(25)24-13-11-23(12-14-24)17-9-7-16(21)8-10-17/h3-10H,2,11-15H2,1H3,(H,22,25). The van der Waals surface area contributed by atoms with Crippen LogP contribution >= 0.6 is 0 Å². The van der Waals surface area contributed by atoms with Crippen LogP contribution in [0.3, 0.4) is 0 Å². The third kappa shape index (κ3) is 5.03. The molecule has 0 bridgehead atoms. The Kier molecular flexibility index (Phi) is 6.35. The van der Waals surface area contributed by atoms with E-state index in [-0.39, 0.29) is 18.6 Å². The Hall–Kier alpha value is -2.96. The van der Waals surface area contributed by atoms with Crippen molar-refractivity contribution in [3.05, 3.63) is 54.3 Å². The van der Waals surface area contributed by atoms with E-state index in [0.717, 1.165) is 5.69 Å². The lowest BCUT2D eigenvalue weighted by Crippen LogP contribution is -2.52. The summed E-state index contributed by atoms with van der Waals surface area (Å²) in [6.07, 6.45) is 0. The molecule has 0 saturated carbocycles. The molecule has 1 heterocycles. The zero-order valence-electron chi connectivity index (χ0n) is 15.4. The highest BCUT2D eigenvalue weighted by Crippen LogP contribution is 2.26.